The van der Waals surface area contributed by atoms with Gasteiger partial charge in [0.25, 0.3) is 5.91 Å². The lowest BCUT2D eigenvalue weighted by atomic mass is 10.3. The Morgan fingerprint density at radius 2 is 2.45 bits per heavy atom. The highest BCUT2D eigenvalue weighted by Gasteiger charge is 2.25. The number of rotatable bonds is 1. The molecule has 1 heterocycles. The fraction of sp³-hybridized carbons (Fsp3) is 0.400. The quantitative estimate of drug-likeness (QED) is 0.580. The van der Waals surface area contributed by atoms with E-state index in [4.69, 9.17) is 28.3 Å². The van der Waals surface area contributed by atoms with Gasteiger partial charge in [0.05, 0.1) is 5.03 Å². The topological polar surface area (TPSA) is 52.6 Å². The monoisotopic (exact) mass is 196 g/mol. The second kappa shape index (κ2) is 3.30. The Labute approximate surface area is 73.3 Å². The first-order valence-corrected chi connectivity index (χ1v) is 3.66. The Kier molecular flexibility index (Phi) is 2.59. The van der Waals surface area contributed by atoms with Gasteiger partial charge in [-0.1, -0.05) is 11.6 Å². The Morgan fingerprint density at radius 1 is 1.82 bits per heavy atom. The van der Waals surface area contributed by atoms with Crippen LogP contribution in [0, 0.1) is 0 Å². The maximum Gasteiger partial charge on any atom is 0.262 e. The summed E-state index contributed by atoms with van der Waals surface area (Å²) in [5.41, 5.74) is 2.30. The summed E-state index contributed by atoms with van der Waals surface area (Å²) < 4.78 is 0. The first kappa shape index (κ1) is 8.64. The first-order valence-electron chi connectivity index (χ1n) is 2.84. The number of hydrogen-bond acceptors (Lipinski definition) is 3. The molecule has 0 saturated carbocycles. The lowest BCUT2D eigenvalue weighted by Crippen LogP contribution is -2.46. The molecule has 0 spiro atoms. The van der Waals surface area contributed by atoms with Crippen LogP contribution in [-0.4, -0.2) is 28.1 Å². The van der Waals surface area contributed by atoms with E-state index in [9.17, 15) is 4.79 Å². The molecule has 1 rings (SSSR count). The van der Waals surface area contributed by atoms with Crippen molar-refractivity contribution in [2.24, 2.45) is 0 Å². The average Bonchev–Trinajstić information content (AvgIpc) is 1.99. The highest BCUT2D eigenvalue weighted by Crippen LogP contribution is 2.18. The summed E-state index contributed by atoms with van der Waals surface area (Å²) in [6.45, 7) is -0.328. The average molecular weight is 197 g/mol. The summed E-state index contributed by atoms with van der Waals surface area (Å²) in [5.74, 6) is -0.437. The van der Waals surface area contributed by atoms with Crippen LogP contribution in [-0.2, 0) is 4.79 Å². The second-order valence-electron chi connectivity index (χ2n) is 1.96. The molecule has 0 radical (unpaired) electrons. The molecule has 0 fully saturated rings. The molecule has 1 atom stereocenters. The summed E-state index contributed by atoms with van der Waals surface area (Å²) in [4.78, 5) is 10.9. The van der Waals surface area contributed by atoms with E-state index in [0.717, 1.165) is 5.01 Å². The molecule has 0 bridgehead atoms. The van der Waals surface area contributed by atoms with Crippen LogP contribution in [0.2, 0.25) is 0 Å². The number of alkyl halides is 1. The number of halogens is 2. The van der Waals surface area contributed by atoms with E-state index in [1.54, 1.807) is 0 Å². The fourth-order valence-electron chi connectivity index (χ4n) is 0.646. The second-order valence-corrected chi connectivity index (χ2v) is 2.84. The molecule has 4 nitrogen and oxygen atoms in total. The zero-order valence-electron chi connectivity index (χ0n) is 5.42. The summed E-state index contributed by atoms with van der Waals surface area (Å²) in [6, 6.07) is 0. The van der Waals surface area contributed by atoms with Crippen LogP contribution in [0.25, 0.3) is 0 Å². The SMILES string of the molecule is O=C1NN(CO)C=C(Cl)C1Cl. The smallest absolute Gasteiger partial charge is 0.262 e. The number of aliphatic hydroxyl groups excluding tert-OH is 1. The van der Waals surface area contributed by atoms with Crippen molar-refractivity contribution in [3.63, 3.8) is 0 Å². The van der Waals surface area contributed by atoms with Crippen molar-refractivity contribution in [2.75, 3.05) is 6.73 Å². The molecule has 0 aromatic heterocycles. The van der Waals surface area contributed by atoms with Gasteiger partial charge in [0.1, 0.15) is 6.73 Å². The minimum Gasteiger partial charge on any atom is -0.375 e. The molecule has 1 amide bonds. The van der Waals surface area contributed by atoms with E-state index in [2.05, 4.69) is 5.43 Å². The van der Waals surface area contributed by atoms with E-state index >= 15 is 0 Å². The molecule has 2 N–H and O–H groups in total. The number of aliphatic hydroxyl groups is 1. The zero-order valence-corrected chi connectivity index (χ0v) is 6.93. The van der Waals surface area contributed by atoms with Crippen LogP contribution in [0.5, 0.6) is 0 Å². The van der Waals surface area contributed by atoms with Crippen LogP contribution in [0.15, 0.2) is 11.2 Å². The number of carbonyl (C=O) groups excluding carboxylic acids is 1. The number of hydrazine groups is 1. The molecular formula is C5H6Cl2N2O2. The minimum absolute atomic E-state index is 0.199. The van der Waals surface area contributed by atoms with Crippen molar-refractivity contribution >= 4 is 29.1 Å². The van der Waals surface area contributed by atoms with Crippen LogP contribution < -0.4 is 5.43 Å². The van der Waals surface area contributed by atoms with E-state index in [0.29, 0.717) is 0 Å². The Balaban J connectivity index is 2.76. The van der Waals surface area contributed by atoms with Gasteiger partial charge in [0.15, 0.2) is 5.38 Å². The number of carbonyl (C=O) groups is 1. The summed E-state index contributed by atoms with van der Waals surface area (Å²) >= 11 is 11.1. The maximum atomic E-state index is 10.9. The van der Waals surface area contributed by atoms with Crippen LogP contribution in [0.4, 0.5) is 0 Å². The fourth-order valence-corrected chi connectivity index (χ4v) is 0.968. The number of amides is 1. The number of hydrogen-bond donors (Lipinski definition) is 2. The molecular weight excluding hydrogens is 191 g/mol. The molecule has 1 aliphatic heterocycles. The van der Waals surface area contributed by atoms with Crippen molar-refractivity contribution < 1.29 is 9.90 Å². The van der Waals surface area contributed by atoms with Crippen LogP contribution in [0.3, 0.4) is 0 Å². The molecule has 1 aliphatic rings. The zero-order chi connectivity index (χ0) is 8.43. The number of nitrogens with one attached hydrogen (secondary N) is 1. The van der Waals surface area contributed by atoms with Crippen molar-refractivity contribution in [1.29, 1.82) is 0 Å². The van der Waals surface area contributed by atoms with Gasteiger partial charge in [-0.3, -0.25) is 15.2 Å². The predicted molar refractivity (Wildman–Crippen MR) is 40.6 cm³/mol. The third-order valence-electron chi connectivity index (χ3n) is 1.16. The van der Waals surface area contributed by atoms with Gasteiger partial charge in [-0.15, -0.1) is 11.6 Å². The third kappa shape index (κ3) is 1.77. The normalized spacial score (nSPS) is 24.6. The van der Waals surface area contributed by atoms with Gasteiger partial charge in [-0.05, 0) is 0 Å². The standard InChI is InChI=1S/C5H6Cl2N2O2/c6-3-1-9(2-10)8-5(11)4(3)7/h1,4,10H,2H2,(H,8,11). The highest BCUT2D eigenvalue weighted by molar-refractivity contribution is 6.43. The number of nitrogens with zero attached hydrogens (tertiary/aromatic N) is 1. The molecule has 0 aromatic carbocycles. The van der Waals surface area contributed by atoms with Gasteiger partial charge in [-0.2, -0.15) is 0 Å². The molecule has 0 aromatic rings. The molecule has 62 valence electrons. The Bertz CT molecular complexity index is 207. The van der Waals surface area contributed by atoms with Crippen molar-refractivity contribution in [3.8, 4) is 0 Å². The van der Waals surface area contributed by atoms with Gasteiger partial charge in [-0.25, -0.2) is 0 Å². The largest absolute Gasteiger partial charge is 0.375 e. The first-order chi connectivity index (χ1) is 5.15. The molecule has 0 aliphatic carbocycles. The van der Waals surface area contributed by atoms with Crippen LogP contribution >= 0.6 is 23.2 Å². The lowest BCUT2D eigenvalue weighted by molar-refractivity contribution is -0.126. The van der Waals surface area contributed by atoms with Gasteiger partial charge < -0.3 is 5.11 Å². The van der Waals surface area contributed by atoms with Gasteiger partial charge in [0.2, 0.25) is 0 Å². The van der Waals surface area contributed by atoms with Crippen molar-refractivity contribution in [2.45, 2.75) is 5.38 Å². The Morgan fingerprint density at radius 3 is 2.91 bits per heavy atom. The maximum absolute atomic E-state index is 10.9. The van der Waals surface area contributed by atoms with Crippen molar-refractivity contribution in [3.05, 3.63) is 11.2 Å². The third-order valence-corrected chi connectivity index (χ3v) is 2.02. The van der Waals surface area contributed by atoms with Crippen molar-refractivity contribution in [1.82, 2.24) is 10.4 Å². The highest BCUT2D eigenvalue weighted by atomic mass is 35.5. The van der Waals surface area contributed by atoms with E-state index in [-0.39, 0.29) is 11.8 Å². The van der Waals surface area contributed by atoms with Gasteiger partial charge >= 0.3 is 0 Å². The Hall–Kier alpha value is -0.450. The summed E-state index contributed by atoms with van der Waals surface area (Å²) in [6.07, 6.45) is 1.36. The van der Waals surface area contributed by atoms with E-state index in [1.165, 1.54) is 6.20 Å². The molecule has 0 saturated heterocycles. The van der Waals surface area contributed by atoms with Crippen LogP contribution in [0.1, 0.15) is 0 Å². The van der Waals surface area contributed by atoms with E-state index < -0.39 is 11.3 Å². The summed E-state index contributed by atoms with van der Waals surface area (Å²) in [5, 5.41) is 9.07. The lowest BCUT2D eigenvalue weighted by Gasteiger charge is -2.25. The predicted octanol–water partition coefficient (Wildman–Crippen LogP) is -0.0294. The molecule has 11 heavy (non-hydrogen) atoms. The van der Waals surface area contributed by atoms with E-state index in [1.807, 2.05) is 0 Å². The molecule has 6 heteroatoms. The summed E-state index contributed by atoms with van der Waals surface area (Å²) in [7, 11) is 0. The minimum atomic E-state index is -0.848. The van der Waals surface area contributed by atoms with Gasteiger partial charge in [0, 0.05) is 6.20 Å². The molecule has 1 unspecified atom stereocenters.